The third-order valence-corrected chi connectivity index (χ3v) is 4.69. The van der Waals surface area contributed by atoms with Gasteiger partial charge in [0.1, 0.15) is 5.82 Å². The van der Waals surface area contributed by atoms with Gasteiger partial charge in [-0.2, -0.15) is 0 Å². The third kappa shape index (κ3) is 5.49. The van der Waals surface area contributed by atoms with E-state index in [0.29, 0.717) is 6.04 Å². The van der Waals surface area contributed by atoms with Crippen molar-refractivity contribution in [1.82, 2.24) is 10.2 Å². The predicted octanol–water partition coefficient (Wildman–Crippen LogP) is 2.80. The molecule has 1 aromatic carbocycles. The maximum absolute atomic E-state index is 12.8. The zero-order valence-corrected chi connectivity index (χ0v) is 14.0. The Morgan fingerprint density at radius 3 is 2.76 bits per heavy atom. The molecule has 1 aromatic rings. The Kier molecular flexibility index (Phi) is 7.49. The molecule has 1 amide bonds. The molecule has 1 aliphatic rings. The molecule has 2 unspecified atom stereocenters. The number of carbonyl (C=O) groups excluding carboxylic acids is 1. The number of rotatable bonds is 4. The predicted molar refractivity (Wildman–Crippen MR) is 87.6 cm³/mol. The number of carbonyl (C=O) groups is 1. The van der Waals surface area contributed by atoms with Crippen molar-refractivity contribution in [1.29, 1.82) is 0 Å². The number of hydrogen-bond acceptors (Lipinski definition) is 3. The Balaban J connectivity index is 0.00000220. The van der Waals surface area contributed by atoms with Crippen LogP contribution in [0.3, 0.4) is 0 Å². The Bertz CT molecular complexity index is 457. The second kappa shape index (κ2) is 8.61. The highest BCUT2D eigenvalue weighted by Gasteiger charge is 2.24. The molecule has 1 aliphatic heterocycles. The lowest BCUT2D eigenvalue weighted by molar-refractivity contribution is -0.135. The van der Waals surface area contributed by atoms with Crippen LogP contribution in [0.2, 0.25) is 0 Å². The molecule has 3 nitrogen and oxygen atoms in total. The van der Waals surface area contributed by atoms with Crippen LogP contribution in [0, 0.1) is 11.7 Å². The smallest absolute Gasteiger partial charge is 0.226 e. The summed E-state index contributed by atoms with van der Waals surface area (Å²) in [6, 6.07) is 6.78. The lowest BCUT2D eigenvalue weighted by Crippen LogP contribution is -2.52. The lowest BCUT2D eigenvalue weighted by Gasteiger charge is -2.33. The van der Waals surface area contributed by atoms with Gasteiger partial charge in [0.2, 0.25) is 5.91 Å². The van der Waals surface area contributed by atoms with Crippen molar-refractivity contribution in [3.8, 4) is 0 Å². The minimum absolute atomic E-state index is 0. The highest BCUT2D eigenvalue weighted by molar-refractivity contribution is 7.99. The Hall–Kier alpha value is -0.780. The van der Waals surface area contributed by atoms with Crippen molar-refractivity contribution in [2.45, 2.75) is 24.8 Å². The highest BCUT2D eigenvalue weighted by atomic mass is 35.5. The van der Waals surface area contributed by atoms with Crippen LogP contribution in [0.1, 0.15) is 13.8 Å². The molecular formula is C15H22ClFN2OS. The minimum atomic E-state index is -0.228. The van der Waals surface area contributed by atoms with E-state index >= 15 is 0 Å². The first-order valence-corrected chi connectivity index (χ1v) is 7.95. The van der Waals surface area contributed by atoms with E-state index in [4.69, 9.17) is 0 Å². The van der Waals surface area contributed by atoms with Crippen LogP contribution < -0.4 is 5.32 Å². The van der Waals surface area contributed by atoms with Gasteiger partial charge in [-0.1, -0.05) is 6.92 Å². The molecule has 0 aromatic heterocycles. The molecule has 0 spiro atoms. The first-order valence-electron chi connectivity index (χ1n) is 6.97. The largest absolute Gasteiger partial charge is 0.340 e. The summed E-state index contributed by atoms with van der Waals surface area (Å²) >= 11 is 1.60. The standard InChI is InChI=1S/C15H21FN2OS.ClH/c1-11(10-20-14-5-3-13(16)4-6-14)15(19)18-8-7-17-12(2)9-18;/h3-6,11-12,17H,7-10H2,1-2H3;1H. The van der Waals surface area contributed by atoms with Crippen molar-refractivity contribution >= 4 is 30.1 Å². The molecule has 2 rings (SSSR count). The average Bonchev–Trinajstić information content (AvgIpc) is 2.45. The van der Waals surface area contributed by atoms with Gasteiger partial charge in [-0.15, -0.1) is 24.2 Å². The summed E-state index contributed by atoms with van der Waals surface area (Å²) < 4.78 is 12.8. The number of benzene rings is 1. The molecule has 0 bridgehead atoms. The van der Waals surface area contributed by atoms with Crippen LogP contribution in [0.25, 0.3) is 0 Å². The van der Waals surface area contributed by atoms with Crippen molar-refractivity contribution < 1.29 is 9.18 Å². The maximum atomic E-state index is 12.8. The number of hydrogen-bond donors (Lipinski definition) is 1. The van der Waals surface area contributed by atoms with E-state index in [-0.39, 0.29) is 30.0 Å². The van der Waals surface area contributed by atoms with Crippen LogP contribution in [-0.4, -0.2) is 42.2 Å². The summed E-state index contributed by atoms with van der Waals surface area (Å²) in [7, 11) is 0. The first kappa shape index (κ1) is 18.3. The Morgan fingerprint density at radius 2 is 2.14 bits per heavy atom. The third-order valence-electron chi connectivity index (χ3n) is 3.42. The van der Waals surface area contributed by atoms with Gasteiger partial charge < -0.3 is 10.2 Å². The molecule has 2 atom stereocenters. The van der Waals surface area contributed by atoms with E-state index in [2.05, 4.69) is 12.2 Å². The molecule has 6 heteroatoms. The topological polar surface area (TPSA) is 32.3 Å². The van der Waals surface area contributed by atoms with Crippen molar-refractivity contribution in [3.63, 3.8) is 0 Å². The summed E-state index contributed by atoms with van der Waals surface area (Å²) in [5.41, 5.74) is 0. The monoisotopic (exact) mass is 332 g/mol. The zero-order valence-electron chi connectivity index (χ0n) is 12.3. The van der Waals surface area contributed by atoms with Gasteiger partial charge in [-0.05, 0) is 31.2 Å². The van der Waals surface area contributed by atoms with Crippen LogP contribution in [-0.2, 0) is 4.79 Å². The molecule has 118 valence electrons. The van der Waals surface area contributed by atoms with Gasteiger partial charge in [-0.25, -0.2) is 4.39 Å². The fourth-order valence-corrected chi connectivity index (χ4v) is 3.18. The van der Waals surface area contributed by atoms with Gasteiger partial charge in [-0.3, -0.25) is 4.79 Å². The molecule has 0 saturated carbocycles. The molecule has 0 radical (unpaired) electrons. The molecule has 21 heavy (non-hydrogen) atoms. The summed E-state index contributed by atoms with van der Waals surface area (Å²) in [6.45, 7) is 6.49. The SMILES string of the molecule is CC1CN(C(=O)C(C)CSc2ccc(F)cc2)CCN1.Cl. The molecule has 0 aliphatic carbocycles. The number of amides is 1. The average molecular weight is 333 g/mol. The van der Waals surface area contributed by atoms with Crippen LogP contribution in [0.5, 0.6) is 0 Å². The molecule has 1 saturated heterocycles. The van der Waals surface area contributed by atoms with Gasteiger partial charge in [0.15, 0.2) is 0 Å². The van der Waals surface area contributed by atoms with Gasteiger partial charge in [0, 0.05) is 42.2 Å². The van der Waals surface area contributed by atoms with Crippen molar-refractivity contribution in [2.24, 2.45) is 5.92 Å². The van der Waals surface area contributed by atoms with Gasteiger partial charge >= 0.3 is 0 Å². The first-order chi connectivity index (χ1) is 9.56. The summed E-state index contributed by atoms with van der Waals surface area (Å²) in [5, 5.41) is 3.33. The Labute approximate surface area is 136 Å². The number of halogens is 2. The van der Waals surface area contributed by atoms with E-state index in [1.54, 1.807) is 23.9 Å². The molecule has 1 N–H and O–H groups in total. The van der Waals surface area contributed by atoms with E-state index in [0.717, 1.165) is 30.3 Å². The number of piperazine rings is 1. The summed E-state index contributed by atoms with van der Waals surface area (Å²) in [6.07, 6.45) is 0. The van der Waals surface area contributed by atoms with Gasteiger partial charge in [0.05, 0.1) is 0 Å². The molecule has 1 fully saturated rings. The minimum Gasteiger partial charge on any atom is -0.340 e. The lowest BCUT2D eigenvalue weighted by atomic mass is 10.1. The van der Waals surface area contributed by atoms with Crippen LogP contribution >= 0.6 is 24.2 Å². The highest BCUT2D eigenvalue weighted by Crippen LogP contribution is 2.22. The Morgan fingerprint density at radius 1 is 1.48 bits per heavy atom. The molecule has 1 heterocycles. The summed E-state index contributed by atoms with van der Waals surface area (Å²) in [5.74, 6) is 0.694. The number of thioether (sulfide) groups is 1. The molecular weight excluding hydrogens is 311 g/mol. The fraction of sp³-hybridized carbons (Fsp3) is 0.533. The van der Waals surface area contributed by atoms with Crippen molar-refractivity contribution in [3.05, 3.63) is 30.1 Å². The fourth-order valence-electron chi connectivity index (χ4n) is 2.27. The summed E-state index contributed by atoms with van der Waals surface area (Å²) in [4.78, 5) is 15.3. The second-order valence-electron chi connectivity index (χ2n) is 5.31. The zero-order chi connectivity index (χ0) is 14.5. The quantitative estimate of drug-likeness (QED) is 0.861. The normalized spacial score (nSPS) is 19.8. The van der Waals surface area contributed by atoms with Crippen LogP contribution in [0.4, 0.5) is 4.39 Å². The van der Waals surface area contributed by atoms with Gasteiger partial charge in [0.25, 0.3) is 0 Å². The van der Waals surface area contributed by atoms with E-state index in [1.807, 2.05) is 11.8 Å². The maximum Gasteiger partial charge on any atom is 0.226 e. The number of nitrogens with zero attached hydrogens (tertiary/aromatic N) is 1. The van der Waals surface area contributed by atoms with E-state index < -0.39 is 0 Å². The number of nitrogens with one attached hydrogen (secondary N) is 1. The van der Waals surface area contributed by atoms with E-state index in [9.17, 15) is 9.18 Å². The second-order valence-corrected chi connectivity index (χ2v) is 6.40. The van der Waals surface area contributed by atoms with Crippen LogP contribution in [0.15, 0.2) is 29.2 Å². The van der Waals surface area contributed by atoms with E-state index in [1.165, 1.54) is 12.1 Å². The van der Waals surface area contributed by atoms with Crippen molar-refractivity contribution in [2.75, 3.05) is 25.4 Å².